The fourth-order valence-electron chi connectivity index (χ4n) is 1.57. The molecular formula is C11H15N5O3. The van der Waals surface area contributed by atoms with Gasteiger partial charge in [0.05, 0.1) is 18.7 Å². The number of nitrogens with two attached hydrogens (primary N) is 4. The lowest BCUT2D eigenvalue weighted by Gasteiger charge is -2.22. The van der Waals surface area contributed by atoms with Gasteiger partial charge in [-0.2, -0.15) is 0 Å². The van der Waals surface area contributed by atoms with Crippen LogP contribution in [0.3, 0.4) is 0 Å². The Kier molecular flexibility index (Phi) is 4.30. The van der Waals surface area contributed by atoms with Crippen molar-refractivity contribution < 1.29 is 14.4 Å². The van der Waals surface area contributed by atoms with E-state index in [1.54, 1.807) is 0 Å². The minimum atomic E-state index is -0.711. The van der Waals surface area contributed by atoms with Crippen molar-refractivity contribution in [3.8, 4) is 0 Å². The van der Waals surface area contributed by atoms with Crippen molar-refractivity contribution in [2.75, 3.05) is 23.7 Å². The number of benzene rings is 1. The Morgan fingerprint density at radius 2 is 1.53 bits per heavy atom. The second kappa shape index (κ2) is 5.71. The van der Waals surface area contributed by atoms with Crippen LogP contribution < -0.4 is 27.8 Å². The third-order valence-electron chi connectivity index (χ3n) is 2.36. The molecule has 0 unspecified atom stereocenters. The van der Waals surface area contributed by atoms with Gasteiger partial charge in [-0.3, -0.25) is 14.4 Å². The molecule has 8 heteroatoms. The highest BCUT2D eigenvalue weighted by molar-refractivity contribution is 5.99. The average Bonchev–Trinajstić information content (AvgIpc) is 2.27. The van der Waals surface area contributed by atoms with Gasteiger partial charge in [-0.1, -0.05) is 0 Å². The summed E-state index contributed by atoms with van der Waals surface area (Å²) in [4.78, 5) is 34.4. The molecule has 0 aliphatic heterocycles. The van der Waals surface area contributed by atoms with E-state index in [1.165, 1.54) is 23.1 Å². The van der Waals surface area contributed by atoms with Gasteiger partial charge in [-0.15, -0.1) is 0 Å². The Morgan fingerprint density at radius 3 is 1.95 bits per heavy atom. The number of carbonyl (C=O) groups excluding carboxylic acids is 3. The number of hydrogen-bond donors (Lipinski definition) is 4. The average molecular weight is 265 g/mol. The third kappa shape index (κ3) is 3.87. The van der Waals surface area contributed by atoms with Gasteiger partial charge in [0.2, 0.25) is 11.8 Å². The Morgan fingerprint density at radius 1 is 1.00 bits per heavy atom. The summed E-state index contributed by atoms with van der Waals surface area (Å²) in [5, 5.41) is 0. The van der Waals surface area contributed by atoms with Crippen LogP contribution in [0.4, 0.5) is 11.4 Å². The topological polar surface area (TPSA) is 159 Å². The molecule has 102 valence electrons. The molecule has 1 aromatic rings. The van der Waals surface area contributed by atoms with Crippen LogP contribution >= 0.6 is 0 Å². The van der Waals surface area contributed by atoms with Gasteiger partial charge in [-0.05, 0) is 18.2 Å². The predicted octanol–water partition coefficient (Wildman–Crippen LogP) is -1.86. The molecular weight excluding hydrogens is 250 g/mol. The van der Waals surface area contributed by atoms with Crippen molar-refractivity contribution in [1.29, 1.82) is 0 Å². The number of hydrogen-bond acceptors (Lipinski definition) is 5. The summed E-state index contributed by atoms with van der Waals surface area (Å²) < 4.78 is 0. The molecule has 0 spiro atoms. The third-order valence-corrected chi connectivity index (χ3v) is 2.36. The number of primary amides is 3. The molecule has 0 heterocycles. The first-order valence-electron chi connectivity index (χ1n) is 5.32. The number of rotatable bonds is 6. The van der Waals surface area contributed by atoms with E-state index in [4.69, 9.17) is 22.9 Å². The number of nitrogens with zero attached hydrogens (tertiary/aromatic N) is 1. The molecule has 0 radical (unpaired) electrons. The first-order chi connectivity index (χ1) is 8.81. The van der Waals surface area contributed by atoms with Crippen molar-refractivity contribution in [3.05, 3.63) is 23.8 Å². The van der Waals surface area contributed by atoms with Crippen LogP contribution in [-0.2, 0) is 9.59 Å². The van der Waals surface area contributed by atoms with Gasteiger partial charge in [0.15, 0.2) is 0 Å². The normalized spacial score (nSPS) is 9.89. The lowest BCUT2D eigenvalue weighted by molar-refractivity contribution is -0.117. The van der Waals surface area contributed by atoms with Gasteiger partial charge in [0, 0.05) is 11.4 Å². The lowest BCUT2D eigenvalue weighted by Crippen LogP contribution is -2.39. The zero-order chi connectivity index (χ0) is 14.6. The molecule has 8 nitrogen and oxygen atoms in total. The molecule has 0 saturated heterocycles. The number of amides is 3. The maximum atomic E-state index is 11.2. The van der Waals surface area contributed by atoms with Crippen molar-refractivity contribution in [2.24, 2.45) is 17.2 Å². The van der Waals surface area contributed by atoms with E-state index in [0.29, 0.717) is 5.69 Å². The first kappa shape index (κ1) is 14.3. The Labute approximate surface area is 109 Å². The standard InChI is InChI=1S/C11H15N5O3/c12-8-2-1-6(3-7(8)11(15)19)16(4-9(13)17)5-10(14)18/h1-3H,4-5,12H2,(H2,13,17)(H2,14,18)(H2,15,19). The van der Waals surface area contributed by atoms with Crippen molar-refractivity contribution in [2.45, 2.75) is 0 Å². The summed E-state index contributed by atoms with van der Waals surface area (Å²) in [6, 6.07) is 4.36. The molecule has 1 aromatic carbocycles. The largest absolute Gasteiger partial charge is 0.398 e. The van der Waals surface area contributed by atoms with E-state index in [1.807, 2.05) is 0 Å². The Bertz CT molecular complexity index is 513. The van der Waals surface area contributed by atoms with Crippen LogP contribution in [0.2, 0.25) is 0 Å². The molecule has 3 amide bonds. The number of carbonyl (C=O) groups is 3. The van der Waals surface area contributed by atoms with Crippen LogP contribution in [0.1, 0.15) is 10.4 Å². The fourth-order valence-corrected chi connectivity index (χ4v) is 1.57. The highest BCUT2D eigenvalue weighted by atomic mass is 16.2. The van der Waals surface area contributed by atoms with E-state index in [-0.39, 0.29) is 24.3 Å². The van der Waals surface area contributed by atoms with Crippen molar-refractivity contribution in [1.82, 2.24) is 0 Å². The van der Waals surface area contributed by atoms with E-state index < -0.39 is 17.7 Å². The molecule has 1 rings (SSSR count). The molecule has 0 aromatic heterocycles. The van der Waals surface area contributed by atoms with Gasteiger partial charge < -0.3 is 27.8 Å². The molecule has 0 aliphatic carbocycles. The van der Waals surface area contributed by atoms with Gasteiger partial charge >= 0.3 is 0 Å². The number of anilines is 2. The molecule has 0 fully saturated rings. The summed E-state index contributed by atoms with van der Waals surface area (Å²) in [5.74, 6) is -1.99. The highest BCUT2D eigenvalue weighted by Crippen LogP contribution is 2.20. The minimum Gasteiger partial charge on any atom is -0.398 e. The maximum absolute atomic E-state index is 11.2. The quantitative estimate of drug-likeness (QED) is 0.443. The van der Waals surface area contributed by atoms with Gasteiger partial charge in [0.25, 0.3) is 5.91 Å². The molecule has 8 N–H and O–H groups in total. The second-order valence-electron chi connectivity index (χ2n) is 3.92. The van der Waals surface area contributed by atoms with E-state index in [0.717, 1.165) is 0 Å². The van der Waals surface area contributed by atoms with Crippen LogP contribution in [0, 0.1) is 0 Å². The molecule has 0 bridgehead atoms. The summed E-state index contributed by atoms with van der Waals surface area (Å²) >= 11 is 0. The van der Waals surface area contributed by atoms with Gasteiger partial charge in [-0.25, -0.2) is 0 Å². The van der Waals surface area contributed by atoms with E-state index in [9.17, 15) is 14.4 Å². The maximum Gasteiger partial charge on any atom is 0.250 e. The Balaban J connectivity index is 3.14. The monoisotopic (exact) mass is 265 g/mol. The van der Waals surface area contributed by atoms with Crippen molar-refractivity contribution in [3.63, 3.8) is 0 Å². The molecule has 0 atom stereocenters. The molecule has 0 aliphatic rings. The minimum absolute atomic E-state index is 0.0939. The lowest BCUT2D eigenvalue weighted by atomic mass is 10.1. The van der Waals surface area contributed by atoms with Crippen LogP contribution in [0.25, 0.3) is 0 Å². The van der Waals surface area contributed by atoms with Crippen LogP contribution in [0.15, 0.2) is 18.2 Å². The summed E-state index contributed by atoms with van der Waals surface area (Å²) in [6.45, 7) is -0.434. The summed E-state index contributed by atoms with van der Waals surface area (Å²) in [5.41, 5.74) is 21.6. The fraction of sp³-hybridized carbons (Fsp3) is 0.182. The van der Waals surface area contributed by atoms with Crippen LogP contribution in [-0.4, -0.2) is 30.8 Å². The summed E-state index contributed by atoms with van der Waals surface area (Å²) in [7, 11) is 0. The second-order valence-corrected chi connectivity index (χ2v) is 3.92. The van der Waals surface area contributed by atoms with Crippen molar-refractivity contribution >= 4 is 29.1 Å². The van der Waals surface area contributed by atoms with Gasteiger partial charge in [0.1, 0.15) is 0 Å². The van der Waals surface area contributed by atoms with Crippen LogP contribution in [0.5, 0.6) is 0 Å². The number of nitrogen functional groups attached to an aromatic ring is 1. The first-order valence-corrected chi connectivity index (χ1v) is 5.32. The Hall–Kier alpha value is -2.77. The SMILES string of the molecule is NC(=O)CN(CC(N)=O)c1ccc(N)c(C(N)=O)c1. The smallest absolute Gasteiger partial charge is 0.250 e. The van der Waals surface area contributed by atoms with E-state index >= 15 is 0 Å². The predicted molar refractivity (Wildman–Crippen MR) is 70.0 cm³/mol. The highest BCUT2D eigenvalue weighted by Gasteiger charge is 2.15. The van der Waals surface area contributed by atoms with E-state index in [2.05, 4.69) is 0 Å². The zero-order valence-corrected chi connectivity index (χ0v) is 10.1. The molecule has 19 heavy (non-hydrogen) atoms. The molecule has 0 saturated carbocycles. The summed E-state index contributed by atoms with van der Waals surface area (Å²) in [6.07, 6.45) is 0. The zero-order valence-electron chi connectivity index (χ0n) is 10.1.